The van der Waals surface area contributed by atoms with Crippen molar-refractivity contribution in [3.63, 3.8) is 0 Å². The third-order valence-corrected chi connectivity index (χ3v) is 8.30. The number of nitrogens with one attached hydrogen (secondary N) is 1. The lowest BCUT2D eigenvalue weighted by Gasteiger charge is -2.43. The first kappa shape index (κ1) is 22.5. The van der Waals surface area contributed by atoms with E-state index in [0.29, 0.717) is 23.4 Å². The summed E-state index contributed by atoms with van der Waals surface area (Å²) in [6.45, 7) is 5.80. The van der Waals surface area contributed by atoms with Gasteiger partial charge in [-0.3, -0.25) is 4.79 Å². The van der Waals surface area contributed by atoms with Crippen LogP contribution in [0.5, 0.6) is 5.75 Å². The van der Waals surface area contributed by atoms with Crippen molar-refractivity contribution in [2.24, 2.45) is 5.92 Å². The van der Waals surface area contributed by atoms with Gasteiger partial charge in [-0.2, -0.15) is 0 Å². The van der Waals surface area contributed by atoms with E-state index in [0.717, 1.165) is 5.56 Å². The highest BCUT2D eigenvalue weighted by molar-refractivity contribution is 6.71. The van der Waals surface area contributed by atoms with Gasteiger partial charge in [0.2, 0.25) is 0 Å². The van der Waals surface area contributed by atoms with Crippen molar-refractivity contribution in [3.8, 4) is 5.75 Å². The second-order valence-corrected chi connectivity index (χ2v) is 12.5. The minimum Gasteiger partial charge on any atom is -0.490 e. The number of anilines is 1. The molecule has 7 heteroatoms. The van der Waals surface area contributed by atoms with Gasteiger partial charge in [0.05, 0.1) is 6.10 Å². The number of methoxy groups -OCH3 is 1. The van der Waals surface area contributed by atoms with Gasteiger partial charge in [0.15, 0.2) is 8.32 Å². The van der Waals surface area contributed by atoms with E-state index in [1.165, 1.54) is 0 Å². The molecule has 1 aliphatic rings. The van der Waals surface area contributed by atoms with Crippen molar-refractivity contribution < 1.29 is 24.2 Å². The Morgan fingerprint density at radius 2 is 1.93 bits per heavy atom. The van der Waals surface area contributed by atoms with Crippen LogP contribution in [-0.4, -0.2) is 43.9 Å². The maximum Gasteiger partial charge on any atom is 0.255 e. The number of benzene rings is 2. The van der Waals surface area contributed by atoms with Crippen LogP contribution in [0.4, 0.5) is 5.69 Å². The molecule has 1 aliphatic heterocycles. The molecule has 1 unspecified atom stereocenters. The standard InChI is InChI=1S/C23H31NO5Si/c1-15-21(28-2)18-14-17(24-23(26)16-8-6-5-7-9-16)10-11-19(18)29-22(15)20(12-13-25)30(3,4)27/h5-11,14-15,20-22,25,27H,12-13H2,1-4H3,(H,24,26)/t15-,20?,21-,22-/m0/s1. The van der Waals surface area contributed by atoms with Crippen LogP contribution in [-0.2, 0) is 4.74 Å². The van der Waals surface area contributed by atoms with Crippen molar-refractivity contribution >= 4 is 19.9 Å². The van der Waals surface area contributed by atoms with Gasteiger partial charge < -0.3 is 24.7 Å². The monoisotopic (exact) mass is 429 g/mol. The Bertz CT molecular complexity index is 868. The van der Waals surface area contributed by atoms with Gasteiger partial charge in [-0.25, -0.2) is 0 Å². The predicted molar refractivity (Wildman–Crippen MR) is 119 cm³/mol. The van der Waals surface area contributed by atoms with Crippen LogP contribution in [0.15, 0.2) is 48.5 Å². The fourth-order valence-corrected chi connectivity index (χ4v) is 6.32. The number of aliphatic hydroxyl groups is 1. The average Bonchev–Trinajstić information content (AvgIpc) is 2.72. The Kier molecular flexibility index (Phi) is 6.97. The molecule has 0 aliphatic carbocycles. The van der Waals surface area contributed by atoms with Gasteiger partial charge in [0, 0.05) is 42.0 Å². The molecule has 1 heterocycles. The zero-order valence-corrected chi connectivity index (χ0v) is 19.0. The molecule has 4 atom stereocenters. The van der Waals surface area contributed by atoms with Crippen molar-refractivity contribution in [1.29, 1.82) is 0 Å². The van der Waals surface area contributed by atoms with E-state index in [1.54, 1.807) is 19.2 Å². The summed E-state index contributed by atoms with van der Waals surface area (Å²) in [6.07, 6.45) is -0.0160. The minimum atomic E-state index is -2.57. The largest absolute Gasteiger partial charge is 0.490 e. The Labute approximate surface area is 179 Å². The first-order valence-electron chi connectivity index (χ1n) is 10.3. The summed E-state index contributed by atoms with van der Waals surface area (Å²) < 4.78 is 12.2. The Morgan fingerprint density at radius 3 is 2.53 bits per heavy atom. The van der Waals surface area contributed by atoms with Crippen molar-refractivity contribution in [3.05, 3.63) is 59.7 Å². The molecule has 0 saturated carbocycles. The SMILES string of the molecule is CO[C@@H]1c2cc(NC(=O)c3ccccc3)ccc2O[C@H](C(CCO)[Si](C)(C)O)[C@H]1C. The molecule has 1 amide bonds. The van der Waals surface area contributed by atoms with E-state index in [4.69, 9.17) is 9.47 Å². The summed E-state index contributed by atoms with van der Waals surface area (Å²) in [4.78, 5) is 23.3. The lowest BCUT2D eigenvalue weighted by Crippen LogP contribution is -2.48. The quantitative estimate of drug-likeness (QED) is 0.580. The molecule has 0 radical (unpaired) electrons. The number of carbonyl (C=O) groups is 1. The fourth-order valence-electron chi connectivity index (χ4n) is 4.31. The van der Waals surface area contributed by atoms with E-state index >= 15 is 0 Å². The highest BCUT2D eigenvalue weighted by Gasteiger charge is 2.45. The van der Waals surface area contributed by atoms with Gasteiger partial charge in [-0.1, -0.05) is 25.1 Å². The molecule has 0 aromatic heterocycles. The zero-order valence-electron chi connectivity index (χ0n) is 18.0. The van der Waals surface area contributed by atoms with Crippen LogP contribution in [0.3, 0.4) is 0 Å². The number of fused-ring (bicyclic) bond motifs is 1. The van der Waals surface area contributed by atoms with E-state index in [-0.39, 0.29) is 36.2 Å². The third-order valence-electron chi connectivity index (χ3n) is 5.87. The summed E-state index contributed by atoms with van der Waals surface area (Å²) in [5.74, 6) is 0.477. The molecule has 30 heavy (non-hydrogen) atoms. The summed E-state index contributed by atoms with van der Waals surface area (Å²) >= 11 is 0. The highest BCUT2D eigenvalue weighted by atomic mass is 28.4. The van der Waals surface area contributed by atoms with E-state index in [1.807, 2.05) is 56.4 Å². The number of aliphatic hydroxyl groups excluding tert-OH is 1. The molecule has 2 aromatic rings. The van der Waals surface area contributed by atoms with Crippen LogP contribution in [0.1, 0.15) is 35.4 Å². The number of amides is 1. The Balaban J connectivity index is 1.88. The summed E-state index contributed by atoms with van der Waals surface area (Å²) in [5, 5.41) is 12.5. The molecule has 0 fully saturated rings. The normalized spacial score (nSPS) is 22.0. The molecule has 0 bridgehead atoms. The van der Waals surface area contributed by atoms with Crippen molar-refractivity contribution in [1.82, 2.24) is 0 Å². The number of rotatable bonds is 7. The van der Waals surface area contributed by atoms with E-state index in [9.17, 15) is 14.7 Å². The molecule has 0 saturated heterocycles. The summed E-state index contributed by atoms with van der Waals surface area (Å²) in [5.41, 5.74) is 2.00. The van der Waals surface area contributed by atoms with Gasteiger partial charge in [-0.05, 0) is 49.8 Å². The van der Waals surface area contributed by atoms with Crippen molar-refractivity contribution in [2.75, 3.05) is 19.0 Å². The molecule has 3 N–H and O–H groups in total. The smallest absolute Gasteiger partial charge is 0.255 e. The van der Waals surface area contributed by atoms with Crippen LogP contribution in [0, 0.1) is 5.92 Å². The lowest BCUT2D eigenvalue weighted by molar-refractivity contribution is -0.0255. The molecule has 162 valence electrons. The highest BCUT2D eigenvalue weighted by Crippen LogP contribution is 2.47. The molecular weight excluding hydrogens is 398 g/mol. The van der Waals surface area contributed by atoms with E-state index < -0.39 is 8.32 Å². The summed E-state index contributed by atoms with van der Waals surface area (Å²) in [7, 11) is -0.910. The van der Waals surface area contributed by atoms with Crippen molar-refractivity contribution in [2.45, 2.75) is 44.2 Å². The first-order valence-corrected chi connectivity index (χ1v) is 13.3. The number of hydrogen-bond acceptors (Lipinski definition) is 5. The van der Waals surface area contributed by atoms with Crippen LogP contribution in [0.2, 0.25) is 18.6 Å². The Hall–Kier alpha value is -2.19. The van der Waals surface area contributed by atoms with Gasteiger partial charge in [0.1, 0.15) is 11.9 Å². The zero-order chi connectivity index (χ0) is 21.9. The molecular formula is C23H31NO5Si. The topological polar surface area (TPSA) is 88.0 Å². The summed E-state index contributed by atoms with van der Waals surface area (Å²) in [6, 6.07) is 14.6. The average molecular weight is 430 g/mol. The van der Waals surface area contributed by atoms with Crippen LogP contribution >= 0.6 is 0 Å². The minimum absolute atomic E-state index is 0.00317. The number of ether oxygens (including phenoxy) is 2. The molecule has 6 nitrogen and oxygen atoms in total. The van der Waals surface area contributed by atoms with E-state index in [2.05, 4.69) is 5.32 Å². The van der Waals surface area contributed by atoms with Crippen LogP contribution < -0.4 is 10.1 Å². The maximum absolute atomic E-state index is 12.5. The van der Waals surface area contributed by atoms with Crippen LogP contribution in [0.25, 0.3) is 0 Å². The Morgan fingerprint density at radius 1 is 1.23 bits per heavy atom. The van der Waals surface area contributed by atoms with Gasteiger partial charge in [-0.15, -0.1) is 0 Å². The fraction of sp³-hybridized carbons (Fsp3) is 0.435. The lowest BCUT2D eigenvalue weighted by atomic mass is 9.86. The first-order chi connectivity index (χ1) is 14.3. The maximum atomic E-state index is 12.5. The van der Waals surface area contributed by atoms with Gasteiger partial charge in [0.25, 0.3) is 5.91 Å². The predicted octanol–water partition coefficient (Wildman–Crippen LogP) is 3.97. The van der Waals surface area contributed by atoms with Gasteiger partial charge >= 0.3 is 0 Å². The number of carbonyl (C=O) groups excluding carboxylic acids is 1. The third kappa shape index (κ3) is 4.75. The molecule has 3 rings (SSSR count). The molecule has 0 spiro atoms. The number of hydrogen-bond donors (Lipinski definition) is 3. The molecule has 2 aromatic carbocycles. The second kappa shape index (κ2) is 9.30. The second-order valence-electron chi connectivity index (χ2n) is 8.44.